The summed E-state index contributed by atoms with van der Waals surface area (Å²) in [6.07, 6.45) is 38.1. The summed E-state index contributed by atoms with van der Waals surface area (Å²) in [7, 11) is 0. The lowest BCUT2D eigenvalue weighted by molar-refractivity contribution is -0.986. The Bertz CT molecular complexity index is 700. The minimum atomic E-state index is 0. The van der Waals surface area contributed by atoms with Crippen LogP contribution in [0.4, 0.5) is 0 Å². The van der Waals surface area contributed by atoms with Gasteiger partial charge in [-0.05, 0) is 75.0 Å². The third-order valence-electron chi connectivity index (χ3n) is 13.9. The lowest BCUT2D eigenvalue weighted by atomic mass is 9.67. The van der Waals surface area contributed by atoms with E-state index in [1.165, 1.54) is 185 Å². The van der Waals surface area contributed by atoms with Crippen LogP contribution in [0, 0.1) is 41.4 Å². The van der Waals surface area contributed by atoms with Crippen LogP contribution in [0.3, 0.4) is 0 Å². The van der Waals surface area contributed by atoms with Gasteiger partial charge >= 0.3 is 0 Å². The standard InChI is InChI=1S/C46H92N.ClH/c1-10-13-15-16-17-18-19-20-21-22-23-24-25-26-27-28-34-47(37-42(12-3)29-14-11-2,45-35-40(8)30-32-43(45)38(4)5)46-36-41(9)31-33-44(46)39(6)7;/h38-46H,10-37H2,1-9H3;1H/q+1;/p-1. The molecule has 0 N–H and O–H groups in total. The zero-order valence-corrected chi connectivity index (χ0v) is 35.6. The van der Waals surface area contributed by atoms with Gasteiger partial charge in [-0.1, -0.05) is 165 Å². The van der Waals surface area contributed by atoms with Crippen molar-refractivity contribution in [2.24, 2.45) is 41.4 Å². The second-order valence-electron chi connectivity index (χ2n) is 18.5. The molecule has 2 aliphatic carbocycles. The normalized spacial score (nSPS) is 26.8. The molecule has 0 bridgehead atoms. The van der Waals surface area contributed by atoms with Gasteiger partial charge in [-0.3, -0.25) is 0 Å². The first kappa shape index (κ1) is 46.3. The highest BCUT2D eigenvalue weighted by Gasteiger charge is 2.53. The smallest absolute Gasteiger partial charge is 0.0926 e. The van der Waals surface area contributed by atoms with Gasteiger partial charge in [-0.2, -0.15) is 0 Å². The fraction of sp³-hybridized carbons (Fsp3) is 1.00. The molecule has 7 unspecified atom stereocenters. The summed E-state index contributed by atoms with van der Waals surface area (Å²) in [6.45, 7) is 25.9. The van der Waals surface area contributed by atoms with Crippen molar-refractivity contribution in [3.05, 3.63) is 0 Å². The monoisotopic (exact) mass is 694 g/mol. The molecule has 48 heavy (non-hydrogen) atoms. The second-order valence-corrected chi connectivity index (χ2v) is 18.5. The van der Waals surface area contributed by atoms with Crippen LogP contribution in [-0.2, 0) is 0 Å². The number of hydrogen-bond acceptors (Lipinski definition) is 0. The maximum atomic E-state index is 2.62. The highest BCUT2D eigenvalue weighted by Crippen LogP contribution is 2.48. The molecule has 2 fully saturated rings. The van der Waals surface area contributed by atoms with E-state index < -0.39 is 0 Å². The summed E-state index contributed by atoms with van der Waals surface area (Å²) in [4.78, 5) is 0. The molecular formula is C46H92ClN. The zero-order chi connectivity index (χ0) is 34.5. The van der Waals surface area contributed by atoms with Gasteiger partial charge in [0.1, 0.15) is 0 Å². The van der Waals surface area contributed by atoms with Gasteiger partial charge in [-0.15, -0.1) is 0 Å². The molecule has 7 atom stereocenters. The Kier molecular flexibility index (Phi) is 26.0. The predicted octanol–water partition coefficient (Wildman–Crippen LogP) is 12.2. The van der Waals surface area contributed by atoms with E-state index in [0.29, 0.717) is 0 Å². The number of halogens is 1. The molecular weight excluding hydrogens is 602 g/mol. The minimum absolute atomic E-state index is 0. The summed E-state index contributed by atoms with van der Waals surface area (Å²) in [5.41, 5.74) is 0. The van der Waals surface area contributed by atoms with E-state index in [1.54, 1.807) is 0 Å². The molecule has 0 aromatic rings. The largest absolute Gasteiger partial charge is 1.00 e. The van der Waals surface area contributed by atoms with E-state index >= 15 is 0 Å². The van der Waals surface area contributed by atoms with Crippen LogP contribution < -0.4 is 12.4 Å². The third-order valence-corrected chi connectivity index (χ3v) is 13.9. The summed E-state index contributed by atoms with van der Waals surface area (Å²) in [5, 5.41) is 0. The highest BCUT2D eigenvalue weighted by molar-refractivity contribution is 4.89. The molecule has 0 amide bonds. The van der Waals surface area contributed by atoms with E-state index in [9.17, 15) is 0 Å². The summed E-state index contributed by atoms with van der Waals surface area (Å²) < 4.78 is 1.53. The van der Waals surface area contributed by atoms with Crippen LogP contribution in [0.15, 0.2) is 0 Å². The molecule has 2 rings (SSSR count). The predicted molar refractivity (Wildman–Crippen MR) is 213 cm³/mol. The first-order valence-electron chi connectivity index (χ1n) is 22.6. The van der Waals surface area contributed by atoms with Gasteiger partial charge in [0, 0.05) is 30.6 Å². The Morgan fingerprint density at radius 3 is 1.23 bits per heavy atom. The van der Waals surface area contributed by atoms with Crippen molar-refractivity contribution in [2.45, 2.75) is 241 Å². The van der Waals surface area contributed by atoms with Crippen molar-refractivity contribution in [3.63, 3.8) is 0 Å². The zero-order valence-electron chi connectivity index (χ0n) is 34.8. The van der Waals surface area contributed by atoms with Crippen molar-refractivity contribution in [2.75, 3.05) is 13.1 Å². The summed E-state index contributed by atoms with van der Waals surface area (Å²) in [6, 6.07) is 1.78. The van der Waals surface area contributed by atoms with Crippen LogP contribution in [0.5, 0.6) is 0 Å². The van der Waals surface area contributed by atoms with Crippen LogP contribution in [-0.4, -0.2) is 29.7 Å². The summed E-state index contributed by atoms with van der Waals surface area (Å²) in [5.74, 6) is 6.21. The first-order valence-corrected chi connectivity index (χ1v) is 22.6. The van der Waals surface area contributed by atoms with E-state index in [-0.39, 0.29) is 12.4 Å². The molecule has 2 saturated carbocycles. The lowest BCUT2D eigenvalue weighted by Crippen LogP contribution is -3.00. The van der Waals surface area contributed by atoms with Gasteiger partial charge in [-0.25, -0.2) is 0 Å². The maximum Gasteiger partial charge on any atom is 0.0926 e. The second kappa shape index (κ2) is 26.9. The molecule has 288 valence electrons. The minimum Gasteiger partial charge on any atom is -1.00 e. The van der Waals surface area contributed by atoms with Gasteiger partial charge in [0.25, 0.3) is 0 Å². The molecule has 0 aliphatic heterocycles. The average Bonchev–Trinajstić information content (AvgIpc) is 3.05. The fourth-order valence-corrected chi connectivity index (χ4v) is 10.8. The van der Waals surface area contributed by atoms with Crippen molar-refractivity contribution < 1.29 is 16.9 Å². The molecule has 0 aromatic heterocycles. The first-order chi connectivity index (χ1) is 22.7. The topological polar surface area (TPSA) is 0 Å². The molecule has 2 heteroatoms. The Morgan fingerprint density at radius 2 is 0.875 bits per heavy atom. The molecule has 0 heterocycles. The molecule has 0 saturated heterocycles. The quantitative estimate of drug-likeness (QED) is 0.0593. The molecule has 0 radical (unpaired) electrons. The van der Waals surface area contributed by atoms with Crippen molar-refractivity contribution in [1.82, 2.24) is 0 Å². The van der Waals surface area contributed by atoms with Crippen molar-refractivity contribution in [1.29, 1.82) is 0 Å². The SMILES string of the molecule is CCCCCCCCCCCCCCCCCC[N+](CC(CC)CCCC)(C1CC(C)CCC1C(C)C)C1CC(C)CCC1C(C)C.[Cl-]. The van der Waals surface area contributed by atoms with E-state index in [4.69, 9.17) is 0 Å². The van der Waals surface area contributed by atoms with Crippen molar-refractivity contribution in [3.8, 4) is 0 Å². The Hall–Kier alpha value is 0.250. The number of nitrogens with zero attached hydrogens (tertiary/aromatic N) is 1. The van der Waals surface area contributed by atoms with Gasteiger partial charge in [0.15, 0.2) is 0 Å². The molecule has 0 aromatic carbocycles. The third kappa shape index (κ3) is 16.3. The Morgan fingerprint density at radius 1 is 0.500 bits per heavy atom. The Labute approximate surface area is 311 Å². The molecule has 0 spiro atoms. The number of rotatable bonds is 27. The van der Waals surface area contributed by atoms with Crippen LogP contribution >= 0.6 is 0 Å². The number of hydrogen-bond donors (Lipinski definition) is 0. The lowest BCUT2D eigenvalue weighted by Gasteiger charge is -2.60. The van der Waals surface area contributed by atoms with Crippen LogP contribution in [0.2, 0.25) is 0 Å². The van der Waals surface area contributed by atoms with Crippen LogP contribution in [0.25, 0.3) is 0 Å². The van der Waals surface area contributed by atoms with Crippen molar-refractivity contribution >= 4 is 0 Å². The average molecular weight is 695 g/mol. The van der Waals surface area contributed by atoms with E-state index in [0.717, 1.165) is 53.5 Å². The van der Waals surface area contributed by atoms with Crippen LogP contribution in [0.1, 0.15) is 229 Å². The number of quaternary nitrogens is 1. The highest BCUT2D eigenvalue weighted by atomic mass is 35.5. The van der Waals surface area contributed by atoms with Gasteiger partial charge in [0.05, 0.1) is 25.2 Å². The molecule has 2 aliphatic rings. The van der Waals surface area contributed by atoms with E-state index in [2.05, 4.69) is 62.3 Å². The molecule has 1 nitrogen and oxygen atoms in total. The van der Waals surface area contributed by atoms with E-state index in [1.807, 2.05) is 0 Å². The Balaban J connectivity index is 0.0000115. The fourth-order valence-electron chi connectivity index (χ4n) is 10.8. The van der Waals surface area contributed by atoms with Gasteiger partial charge < -0.3 is 16.9 Å². The van der Waals surface area contributed by atoms with Gasteiger partial charge in [0.2, 0.25) is 0 Å². The number of unbranched alkanes of at least 4 members (excludes halogenated alkanes) is 16. The summed E-state index contributed by atoms with van der Waals surface area (Å²) >= 11 is 0. The maximum absolute atomic E-state index is 2.62.